The number of nitrogens with zero attached hydrogens (tertiary/aromatic N) is 1. The Morgan fingerprint density at radius 3 is 2.42 bits per heavy atom. The summed E-state index contributed by atoms with van der Waals surface area (Å²) in [6.45, 7) is 0. The number of ether oxygens (including phenoxy) is 2. The SMILES string of the molecule is N#C[C@H](OC(=O)CCC(=O)O)c1cccc(Oc2ccccc2)c1. The third-order valence-corrected chi connectivity index (χ3v) is 3.05. The molecule has 1 atom stereocenters. The Labute approximate surface area is 138 Å². The van der Waals surface area contributed by atoms with Gasteiger partial charge in [-0.3, -0.25) is 9.59 Å². The highest BCUT2D eigenvalue weighted by Gasteiger charge is 2.17. The van der Waals surface area contributed by atoms with Gasteiger partial charge in [0.15, 0.2) is 0 Å². The van der Waals surface area contributed by atoms with E-state index in [0.717, 1.165) is 0 Å². The predicted octanol–water partition coefficient (Wildman–Crippen LogP) is 3.45. The lowest BCUT2D eigenvalue weighted by Gasteiger charge is -2.12. The van der Waals surface area contributed by atoms with E-state index in [1.807, 2.05) is 24.3 Å². The molecule has 0 saturated carbocycles. The number of esters is 1. The van der Waals surface area contributed by atoms with Gasteiger partial charge in [0.25, 0.3) is 0 Å². The summed E-state index contributed by atoms with van der Waals surface area (Å²) in [5.41, 5.74) is 0.453. The Bertz CT molecular complexity index is 752. The summed E-state index contributed by atoms with van der Waals surface area (Å²) >= 11 is 0. The van der Waals surface area contributed by atoms with E-state index in [1.165, 1.54) is 0 Å². The maximum atomic E-state index is 11.6. The average Bonchev–Trinajstić information content (AvgIpc) is 2.59. The Kier molecular flexibility index (Phi) is 5.92. The first kappa shape index (κ1) is 17.0. The van der Waals surface area contributed by atoms with E-state index in [0.29, 0.717) is 17.1 Å². The maximum absolute atomic E-state index is 11.6. The van der Waals surface area contributed by atoms with E-state index in [1.54, 1.807) is 36.4 Å². The van der Waals surface area contributed by atoms with Crippen molar-refractivity contribution in [1.82, 2.24) is 0 Å². The van der Waals surface area contributed by atoms with Gasteiger partial charge in [0.1, 0.15) is 17.6 Å². The molecule has 1 N–H and O–H groups in total. The number of nitriles is 1. The van der Waals surface area contributed by atoms with Crippen molar-refractivity contribution in [3.8, 4) is 17.6 Å². The molecule has 2 aromatic rings. The van der Waals surface area contributed by atoms with Crippen LogP contribution in [0.1, 0.15) is 24.5 Å². The highest BCUT2D eigenvalue weighted by atomic mass is 16.5. The van der Waals surface area contributed by atoms with Crippen molar-refractivity contribution in [2.45, 2.75) is 18.9 Å². The van der Waals surface area contributed by atoms with Crippen molar-refractivity contribution in [3.05, 3.63) is 60.2 Å². The van der Waals surface area contributed by atoms with Crippen molar-refractivity contribution < 1.29 is 24.2 Å². The molecule has 122 valence electrons. The maximum Gasteiger partial charge on any atom is 0.308 e. The van der Waals surface area contributed by atoms with Gasteiger partial charge in [-0.2, -0.15) is 5.26 Å². The van der Waals surface area contributed by atoms with Crippen LogP contribution in [-0.2, 0) is 14.3 Å². The number of rotatable bonds is 7. The Balaban J connectivity index is 2.06. The van der Waals surface area contributed by atoms with Gasteiger partial charge in [-0.1, -0.05) is 30.3 Å². The summed E-state index contributed by atoms with van der Waals surface area (Å²) in [4.78, 5) is 22.1. The monoisotopic (exact) mass is 325 g/mol. The van der Waals surface area contributed by atoms with E-state index < -0.39 is 18.0 Å². The quantitative estimate of drug-likeness (QED) is 0.783. The number of hydrogen-bond acceptors (Lipinski definition) is 5. The molecule has 24 heavy (non-hydrogen) atoms. The lowest BCUT2D eigenvalue weighted by Crippen LogP contribution is -2.11. The van der Waals surface area contributed by atoms with Gasteiger partial charge in [0.05, 0.1) is 12.8 Å². The van der Waals surface area contributed by atoms with E-state index in [-0.39, 0.29) is 12.8 Å². The number of carbonyl (C=O) groups excluding carboxylic acids is 1. The normalized spacial score (nSPS) is 11.1. The van der Waals surface area contributed by atoms with E-state index in [9.17, 15) is 14.9 Å². The summed E-state index contributed by atoms with van der Waals surface area (Å²) in [6.07, 6.45) is -1.74. The van der Waals surface area contributed by atoms with Crippen LogP contribution in [0.2, 0.25) is 0 Å². The second-order valence-corrected chi connectivity index (χ2v) is 4.88. The van der Waals surface area contributed by atoms with Crippen LogP contribution in [-0.4, -0.2) is 17.0 Å². The highest BCUT2D eigenvalue weighted by Crippen LogP contribution is 2.26. The van der Waals surface area contributed by atoms with Crippen molar-refractivity contribution in [1.29, 1.82) is 5.26 Å². The van der Waals surface area contributed by atoms with Crippen molar-refractivity contribution in [2.75, 3.05) is 0 Å². The molecule has 0 heterocycles. The van der Waals surface area contributed by atoms with Crippen molar-refractivity contribution in [2.24, 2.45) is 0 Å². The molecule has 0 aliphatic heterocycles. The second-order valence-electron chi connectivity index (χ2n) is 4.88. The first-order valence-electron chi connectivity index (χ1n) is 7.22. The van der Waals surface area contributed by atoms with Crippen LogP contribution in [0.4, 0.5) is 0 Å². The Hall–Kier alpha value is -3.33. The number of hydrogen-bond donors (Lipinski definition) is 1. The van der Waals surface area contributed by atoms with Crippen molar-refractivity contribution >= 4 is 11.9 Å². The molecule has 0 aromatic heterocycles. The van der Waals surface area contributed by atoms with Gasteiger partial charge in [-0.25, -0.2) is 0 Å². The zero-order chi connectivity index (χ0) is 17.4. The molecule has 2 rings (SSSR count). The smallest absolute Gasteiger partial charge is 0.308 e. The van der Waals surface area contributed by atoms with Gasteiger partial charge >= 0.3 is 11.9 Å². The average molecular weight is 325 g/mol. The molecule has 2 aromatic carbocycles. The molecule has 0 spiro atoms. The number of para-hydroxylation sites is 1. The first-order valence-corrected chi connectivity index (χ1v) is 7.22. The van der Waals surface area contributed by atoms with Gasteiger partial charge in [-0.15, -0.1) is 0 Å². The third kappa shape index (κ3) is 5.14. The molecule has 0 aliphatic carbocycles. The van der Waals surface area contributed by atoms with Crippen LogP contribution in [0.15, 0.2) is 54.6 Å². The molecule has 0 unspecified atom stereocenters. The number of aliphatic carboxylic acids is 1. The molecular formula is C18H15NO5. The zero-order valence-electron chi connectivity index (χ0n) is 12.7. The lowest BCUT2D eigenvalue weighted by molar-refractivity contribution is -0.150. The summed E-state index contributed by atoms with van der Waals surface area (Å²) in [6, 6.07) is 17.6. The number of carboxylic acid groups (broad SMARTS) is 1. The molecule has 6 nitrogen and oxygen atoms in total. The predicted molar refractivity (Wildman–Crippen MR) is 84.3 cm³/mol. The topological polar surface area (TPSA) is 96.6 Å². The van der Waals surface area contributed by atoms with Crippen LogP contribution < -0.4 is 4.74 Å². The van der Waals surface area contributed by atoms with Gasteiger partial charge < -0.3 is 14.6 Å². The van der Waals surface area contributed by atoms with E-state index in [2.05, 4.69) is 0 Å². The van der Waals surface area contributed by atoms with Crippen LogP contribution in [0.3, 0.4) is 0 Å². The molecule has 0 aliphatic rings. The highest BCUT2D eigenvalue weighted by molar-refractivity contribution is 5.76. The number of benzene rings is 2. The van der Waals surface area contributed by atoms with Crippen LogP contribution in [0.25, 0.3) is 0 Å². The van der Waals surface area contributed by atoms with E-state index in [4.69, 9.17) is 14.6 Å². The fourth-order valence-corrected chi connectivity index (χ4v) is 1.93. The summed E-state index contributed by atoms with van der Waals surface area (Å²) in [5.74, 6) is -0.695. The molecule has 0 bridgehead atoms. The molecule has 6 heteroatoms. The molecule has 0 radical (unpaired) electrons. The molecule has 0 amide bonds. The minimum atomic E-state index is -1.12. The fraction of sp³-hybridized carbons (Fsp3) is 0.167. The largest absolute Gasteiger partial charge is 0.481 e. The minimum absolute atomic E-state index is 0.284. The second kappa shape index (κ2) is 8.34. The number of carboxylic acids is 1. The fourth-order valence-electron chi connectivity index (χ4n) is 1.93. The Morgan fingerprint density at radius 1 is 1.04 bits per heavy atom. The first-order chi connectivity index (χ1) is 11.6. The third-order valence-electron chi connectivity index (χ3n) is 3.05. The minimum Gasteiger partial charge on any atom is -0.481 e. The van der Waals surface area contributed by atoms with Gasteiger partial charge in [0.2, 0.25) is 6.10 Å². The zero-order valence-corrected chi connectivity index (χ0v) is 12.7. The summed E-state index contributed by atoms with van der Waals surface area (Å²) in [5, 5.41) is 17.8. The molecule has 0 saturated heterocycles. The van der Waals surface area contributed by atoms with Gasteiger partial charge in [0, 0.05) is 5.56 Å². The summed E-state index contributed by atoms with van der Waals surface area (Å²) < 4.78 is 10.7. The number of carbonyl (C=O) groups is 2. The molecule has 0 fully saturated rings. The van der Waals surface area contributed by atoms with Crippen LogP contribution in [0.5, 0.6) is 11.5 Å². The standard InChI is InChI=1S/C18H15NO5/c19-12-16(24-18(22)10-9-17(20)21)13-5-4-8-15(11-13)23-14-6-2-1-3-7-14/h1-8,11,16H,9-10H2,(H,20,21)/t16-/m0/s1. The molecular weight excluding hydrogens is 310 g/mol. The lowest BCUT2D eigenvalue weighted by atomic mass is 10.1. The Morgan fingerprint density at radius 2 is 1.75 bits per heavy atom. The van der Waals surface area contributed by atoms with Crippen LogP contribution >= 0.6 is 0 Å². The van der Waals surface area contributed by atoms with Gasteiger partial charge in [-0.05, 0) is 24.3 Å². The van der Waals surface area contributed by atoms with Crippen LogP contribution in [0, 0.1) is 11.3 Å². The van der Waals surface area contributed by atoms with E-state index >= 15 is 0 Å². The summed E-state index contributed by atoms with van der Waals surface area (Å²) in [7, 11) is 0. The van der Waals surface area contributed by atoms with Crippen molar-refractivity contribution in [3.63, 3.8) is 0 Å².